The van der Waals surface area contributed by atoms with Crippen LogP contribution >= 0.6 is 0 Å². The fourth-order valence-electron chi connectivity index (χ4n) is 2.65. The van der Waals surface area contributed by atoms with Gasteiger partial charge in [-0.2, -0.15) is 0 Å². The molecule has 160 valence electrons. The van der Waals surface area contributed by atoms with Crippen molar-refractivity contribution >= 4 is 30.0 Å². The summed E-state index contributed by atoms with van der Waals surface area (Å²) in [6.45, 7) is 2.35. The van der Waals surface area contributed by atoms with Crippen molar-refractivity contribution in [3.05, 3.63) is 41.5 Å². The normalized spacial score (nSPS) is 20.9. The highest BCUT2D eigenvalue weighted by atomic mass is 16.6. The van der Waals surface area contributed by atoms with Crippen LogP contribution in [0.3, 0.4) is 0 Å². The van der Waals surface area contributed by atoms with Crippen LogP contribution in [0, 0.1) is 0 Å². The molecule has 0 bridgehead atoms. The second-order valence-corrected chi connectivity index (χ2v) is 6.38. The Hall–Kier alpha value is -3.50. The Labute approximate surface area is 171 Å². The van der Waals surface area contributed by atoms with E-state index in [1.165, 1.54) is 38.1 Å². The molecule has 10 heteroatoms. The quantitative estimate of drug-likeness (QED) is 0.338. The topological polar surface area (TPSA) is 157 Å². The van der Waals surface area contributed by atoms with E-state index in [4.69, 9.17) is 19.3 Å². The van der Waals surface area contributed by atoms with Crippen molar-refractivity contribution < 1.29 is 48.7 Å². The summed E-state index contributed by atoms with van der Waals surface area (Å²) >= 11 is 0. The lowest BCUT2D eigenvalue weighted by atomic mass is 9.92. The van der Waals surface area contributed by atoms with E-state index in [1.54, 1.807) is 0 Å². The Morgan fingerprint density at radius 1 is 1.03 bits per heavy atom. The highest BCUT2D eigenvalue weighted by molar-refractivity contribution is 5.89. The summed E-state index contributed by atoms with van der Waals surface area (Å²) in [6, 6.07) is 4.21. The third kappa shape index (κ3) is 6.26. The number of carbonyl (C=O) groups excluding carboxylic acids is 3. The summed E-state index contributed by atoms with van der Waals surface area (Å²) in [6.07, 6.45) is -1.13. The van der Waals surface area contributed by atoms with Gasteiger partial charge in [0.25, 0.3) is 0 Å². The fraction of sp³-hybridized carbons (Fsp3) is 0.300. The lowest BCUT2D eigenvalue weighted by Gasteiger charge is -2.29. The van der Waals surface area contributed by atoms with Gasteiger partial charge in [0, 0.05) is 31.9 Å². The van der Waals surface area contributed by atoms with E-state index in [0.29, 0.717) is 5.56 Å². The number of aliphatic hydroxyl groups excluding tert-OH is 2. The highest BCUT2D eigenvalue weighted by Crippen LogP contribution is 2.29. The lowest BCUT2D eigenvalue weighted by molar-refractivity contribution is -0.154. The summed E-state index contributed by atoms with van der Waals surface area (Å²) in [5.74, 6) is -3.45. The number of carboxylic acid groups (broad SMARTS) is 1. The van der Waals surface area contributed by atoms with Gasteiger partial charge in [0.15, 0.2) is 11.5 Å². The van der Waals surface area contributed by atoms with Crippen molar-refractivity contribution in [3.63, 3.8) is 0 Å². The average molecular weight is 420 g/mol. The maximum atomic E-state index is 12.1. The lowest BCUT2D eigenvalue weighted by Crippen LogP contribution is -2.43. The van der Waals surface area contributed by atoms with Gasteiger partial charge in [0.1, 0.15) is 18.3 Å². The number of hydrogen-bond acceptors (Lipinski definition) is 9. The van der Waals surface area contributed by atoms with E-state index in [-0.39, 0.29) is 23.5 Å². The van der Waals surface area contributed by atoms with Crippen LogP contribution in [0.15, 0.2) is 35.9 Å². The molecule has 1 aliphatic rings. The van der Waals surface area contributed by atoms with E-state index >= 15 is 0 Å². The van der Waals surface area contributed by atoms with Crippen molar-refractivity contribution in [2.75, 3.05) is 0 Å². The van der Waals surface area contributed by atoms with Gasteiger partial charge in [-0.25, -0.2) is 9.59 Å². The monoisotopic (exact) mass is 420 g/mol. The van der Waals surface area contributed by atoms with E-state index < -0.39 is 42.2 Å². The van der Waals surface area contributed by atoms with Crippen LogP contribution in [0.1, 0.15) is 25.8 Å². The largest absolute Gasteiger partial charge is 0.478 e. The molecule has 0 aliphatic heterocycles. The first-order valence-corrected chi connectivity index (χ1v) is 8.76. The molecule has 1 aromatic rings. The molecule has 0 aromatic heterocycles. The number of benzene rings is 1. The number of rotatable bonds is 6. The zero-order chi connectivity index (χ0) is 22.4. The summed E-state index contributed by atoms with van der Waals surface area (Å²) in [5, 5.41) is 28.6. The summed E-state index contributed by atoms with van der Waals surface area (Å²) in [7, 11) is 0. The Kier molecular flexibility index (Phi) is 7.45. The second kappa shape index (κ2) is 9.81. The molecule has 1 aromatic carbocycles. The zero-order valence-electron chi connectivity index (χ0n) is 16.1. The van der Waals surface area contributed by atoms with Crippen LogP contribution < -0.4 is 9.47 Å². The van der Waals surface area contributed by atoms with Gasteiger partial charge in [0.05, 0.1) is 0 Å². The Morgan fingerprint density at radius 2 is 1.67 bits per heavy atom. The van der Waals surface area contributed by atoms with Gasteiger partial charge in [-0.15, -0.1) is 0 Å². The van der Waals surface area contributed by atoms with Crippen molar-refractivity contribution in [3.8, 4) is 11.5 Å². The SMILES string of the molecule is CC(=O)Oc1ccc(/C=C/C(=O)O[C@@H]2CC(C(=O)O)=C[C@@H](O)[C@H]2O)cc1OC(C)=O. The third-order valence-electron chi connectivity index (χ3n) is 3.95. The van der Waals surface area contributed by atoms with Crippen LogP contribution in [-0.4, -0.2) is 57.5 Å². The number of ether oxygens (including phenoxy) is 3. The van der Waals surface area contributed by atoms with Crippen molar-refractivity contribution in [1.29, 1.82) is 0 Å². The first-order valence-electron chi connectivity index (χ1n) is 8.76. The molecular weight excluding hydrogens is 400 g/mol. The van der Waals surface area contributed by atoms with Gasteiger partial charge in [-0.1, -0.05) is 6.07 Å². The molecule has 3 N–H and O–H groups in total. The first kappa shape index (κ1) is 22.8. The molecule has 0 unspecified atom stereocenters. The maximum absolute atomic E-state index is 12.1. The van der Waals surface area contributed by atoms with Gasteiger partial charge >= 0.3 is 23.9 Å². The number of aliphatic carboxylic acids is 1. The minimum absolute atomic E-state index is 0.0183. The van der Waals surface area contributed by atoms with Gasteiger partial charge in [-0.05, 0) is 29.8 Å². The van der Waals surface area contributed by atoms with Crippen molar-refractivity contribution in [2.24, 2.45) is 0 Å². The molecule has 3 atom stereocenters. The summed E-state index contributed by atoms with van der Waals surface area (Å²) in [5.41, 5.74) is 0.219. The number of esters is 3. The zero-order valence-corrected chi connectivity index (χ0v) is 16.1. The van der Waals surface area contributed by atoms with E-state index in [1.807, 2.05) is 0 Å². The fourth-order valence-corrected chi connectivity index (χ4v) is 2.65. The Bertz CT molecular complexity index is 914. The van der Waals surface area contributed by atoms with Gasteiger partial charge in [0.2, 0.25) is 0 Å². The van der Waals surface area contributed by atoms with Crippen LogP contribution in [0.4, 0.5) is 0 Å². The molecule has 0 fully saturated rings. The van der Waals surface area contributed by atoms with Crippen molar-refractivity contribution in [2.45, 2.75) is 38.6 Å². The van der Waals surface area contributed by atoms with Crippen LogP contribution in [0.2, 0.25) is 0 Å². The molecule has 0 spiro atoms. The van der Waals surface area contributed by atoms with Gasteiger partial charge in [-0.3, -0.25) is 9.59 Å². The number of carboxylic acids is 1. The minimum Gasteiger partial charge on any atom is -0.478 e. The summed E-state index contributed by atoms with van der Waals surface area (Å²) in [4.78, 5) is 45.5. The molecule has 0 radical (unpaired) electrons. The predicted octanol–water partition coefficient (Wildman–Crippen LogP) is 0.599. The Balaban J connectivity index is 2.12. The second-order valence-electron chi connectivity index (χ2n) is 6.38. The summed E-state index contributed by atoms with van der Waals surface area (Å²) < 4.78 is 15.0. The molecule has 2 rings (SSSR count). The molecular formula is C20H20O10. The number of carbonyl (C=O) groups is 4. The van der Waals surface area contributed by atoms with E-state index in [2.05, 4.69) is 0 Å². The molecule has 1 aliphatic carbocycles. The molecule has 30 heavy (non-hydrogen) atoms. The van der Waals surface area contributed by atoms with Gasteiger partial charge < -0.3 is 29.5 Å². The highest BCUT2D eigenvalue weighted by Gasteiger charge is 2.35. The molecule has 0 heterocycles. The van der Waals surface area contributed by atoms with Crippen molar-refractivity contribution in [1.82, 2.24) is 0 Å². The molecule has 0 saturated heterocycles. The Morgan fingerprint density at radius 3 is 2.27 bits per heavy atom. The maximum Gasteiger partial charge on any atom is 0.331 e. The first-order chi connectivity index (χ1) is 14.1. The molecule has 0 saturated carbocycles. The molecule has 10 nitrogen and oxygen atoms in total. The average Bonchev–Trinajstić information content (AvgIpc) is 2.64. The third-order valence-corrected chi connectivity index (χ3v) is 3.95. The minimum atomic E-state index is -1.48. The predicted molar refractivity (Wildman–Crippen MR) is 100 cm³/mol. The van der Waals surface area contributed by atoms with Crippen LogP contribution in [-0.2, 0) is 23.9 Å². The van der Waals surface area contributed by atoms with Crippen LogP contribution in [0.25, 0.3) is 6.08 Å². The number of hydrogen-bond donors (Lipinski definition) is 3. The van der Waals surface area contributed by atoms with Crippen LogP contribution in [0.5, 0.6) is 11.5 Å². The standard InChI is InChI=1S/C20H20O10/c1-10(21)28-15-5-3-12(7-16(15)29-11(2)22)4-6-18(24)30-17-9-13(20(26)27)8-14(23)19(17)25/h3-8,14,17,19,23,25H,9H2,1-2H3,(H,26,27)/b6-4+/t14-,17-,19-/m1/s1. The molecule has 0 amide bonds. The van der Waals surface area contributed by atoms with E-state index in [0.717, 1.165) is 12.2 Å². The number of aliphatic hydroxyl groups is 2. The smallest absolute Gasteiger partial charge is 0.331 e. The van der Waals surface area contributed by atoms with E-state index in [9.17, 15) is 29.4 Å².